The standard InChI is InChI=1S/C11H18N2O/c1-3-7-8(12)5-6-9(13)11(7)10(14)4-2/h5-6,10,14H,3-4,12-13H2,1-2H3. The molecule has 0 amide bonds. The minimum atomic E-state index is -0.506. The first-order valence-electron chi connectivity index (χ1n) is 4.96. The first kappa shape index (κ1) is 10.9. The highest BCUT2D eigenvalue weighted by Gasteiger charge is 2.15. The van der Waals surface area contributed by atoms with Crippen molar-refractivity contribution in [2.75, 3.05) is 11.5 Å². The molecular formula is C11H18N2O. The van der Waals surface area contributed by atoms with Crippen molar-refractivity contribution in [3.05, 3.63) is 23.3 Å². The highest BCUT2D eigenvalue weighted by molar-refractivity contribution is 5.62. The molecule has 0 aliphatic heterocycles. The lowest BCUT2D eigenvalue weighted by atomic mass is 9.95. The minimum Gasteiger partial charge on any atom is -0.398 e. The Labute approximate surface area is 84.7 Å². The molecule has 5 N–H and O–H groups in total. The van der Waals surface area contributed by atoms with E-state index in [4.69, 9.17) is 11.5 Å². The van der Waals surface area contributed by atoms with Crippen molar-refractivity contribution in [3.63, 3.8) is 0 Å². The summed E-state index contributed by atoms with van der Waals surface area (Å²) in [5.41, 5.74) is 14.8. The van der Waals surface area contributed by atoms with Crippen molar-refractivity contribution in [2.24, 2.45) is 0 Å². The molecule has 0 saturated carbocycles. The van der Waals surface area contributed by atoms with E-state index in [-0.39, 0.29) is 0 Å². The second kappa shape index (κ2) is 4.33. The summed E-state index contributed by atoms with van der Waals surface area (Å²) in [5.74, 6) is 0. The minimum absolute atomic E-state index is 0.506. The number of hydrogen-bond donors (Lipinski definition) is 3. The van der Waals surface area contributed by atoms with Crippen LogP contribution in [-0.4, -0.2) is 5.11 Å². The van der Waals surface area contributed by atoms with Gasteiger partial charge in [0.25, 0.3) is 0 Å². The predicted octanol–water partition coefficient (Wildman–Crippen LogP) is 1.86. The van der Waals surface area contributed by atoms with Gasteiger partial charge in [-0.3, -0.25) is 0 Å². The van der Waals surface area contributed by atoms with Crippen LogP contribution in [0.3, 0.4) is 0 Å². The number of benzene rings is 1. The molecule has 14 heavy (non-hydrogen) atoms. The molecule has 1 atom stereocenters. The van der Waals surface area contributed by atoms with Crippen LogP contribution in [0.15, 0.2) is 12.1 Å². The van der Waals surface area contributed by atoms with Gasteiger partial charge in [0, 0.05) is 16.9 Å². The summed E-state index contributed by atoms with van der Waals surface area (Å²) in [5, 5.41) is 9.81. The van der Waals surface area contributed by atoms with Gasteiger partial charge < -0.3 is 16.6 Å². The smallest absolute Gasteiger partial charge is 0.0810 e. The lowest BCUT2D eigenvalue weighted by molar-refractivity contribution is 0.173. The number of aliphatic hydroxyl groups is 1. The van der Waals surface area contributed by atoms with Crippen LogP contribution in [0.25, 0.3) is 0 Å². The largest absolute Gasteiger partial charge is 0.398 e. The van der Waals surface area contributed by atoms with Crippen molar-refractivity contribution in [1.29, 1.82) is 0 Å². The van der Waals surface area contributed by atoms with Crippen LogP contribution in [0.1, 0.15) is 37.5 Å². The summed E-state index contributed by atoms with van der Waals surface area (Å²) in [6.45, 7) is 3.93. The molecule has 1 unspecified atom stereocenters. The Bertz CT molecular complexity index is 323. The van der Waals surface area contributed by atoms with Crippen LogP contribution >= 0.6 is 0 Å². The zero-order chi connectivity index (χ0) is 10.7. The Kier molecular flexibility index (Phi) is 3.36. The third kappa shape index (κ3) is 1.82. The Hall–Kier alpha value is -1.22. The van der Waals surface area contributed by atoms with Gasteiger partial charge in [-0.1, -0.05) is 13.8 Å². The maximum Gasteiger partial charge on any atom is 0.0810 e. The average molecular weight is 194 g/mol. The van der Waals surface area contributed by atoms with Gasteiger partial charge in [0.2, 0.25) is 0 Å². The number of anilines is 2. The van der Waals surface area contributed by atoms with E-state index in [1.807, 2.05) is 13.8 Å². The number of nitrogen functional groups attached to an aromatic ring is 2. The fourth-order valence-corrected chi connectivity index (χ4v) is 1.69. The Balaban J connectivity index is 3.29. The SMILES string of the molecule is CCc1c(N)ccc(N)c1C(O)CC. The van der Waals surface area contributed by atoms with Crippen LogP contribution in [0, 0.1) is 0 Å². The second-order valence-corrected chi connectivity index (χ2v) is 3.41. The fraction of sp³-hybridized carbons (Fsp3) is 0.455. The molecule has 1 rings (SSSR count). The summed E-state index contributed by atoms with van der Waals surface area (Å²) >= 11 is 0. The predicted molar refractivity (Wildman–Crippen MR) is 59.9 cm³/mol. The summed E-state index contributed by atoms with van der Waals surface area (Å²) in [6.07, 6.45) is 0.942. The van der Waals surface area contributed by atoms with Gasteiger partial charge in [-0.25, -0.2) is 0 Å². The molecule has 0 spiro atoms. The molecule has 3 heteroatoms. The monoisotopic (exact) mass is 194 g/mol. The third-order valence-corrected chi connectivity index (χ3v) is 2.50. The molecule has 78 valence electrons. The topological polar surface area (TPSA) is 72.3 Å². The highest BCUT2D eigenvalue weighted by Crippen LogP contribution is 2.30. The third-order valence-electron chi connectivity index (χ3n) is 2.50. The molecule has 0 aromatic heterocycles. The van der Waals surface area contributed by atoms with Crippen LogP contribution in [0.4, 0.5) is 11.4 Å². The molecule has 0 bridgehead atoms. The van der Waals surface area contributed by atoms with E-state index in [0.29, 0.717) is 17.8 Å². The normalized spacial score (nSPS) is 12.8. The van der Waals surface area contributed by atoms with E-state index in [0.717, 1.165) is 17.5 Å². The summed E-state index contributed by atoms with van der Waals surface area (Å²) in [7, 11) is 0. The van der Waals surface area contributed by atoms with Crippen molar-refractivity contribution in [1.82, 2.24) is 0 Å². The van der Waals surface area contributed by atoms with Gasteiger partial charge >= 0.3 is 0 Å². The maximum atomic E-state index is 9.81. The number of rotatable bonds is 3. The number of aliphatic hydroxyl groups excluding tert-OH is 1. The van der Waals surface area contributed by atoms with Gasteiger partial charge in [-0.05, 0) is 30.5 Å². The summed E-state index contributed by atoms with van der Waals surface area (Å²) in [4.78, 5) is 0. The first-order valence-corrected chi connectivity index (χ1v) is 4.96. The molecule has 0 radical (unpaired) electrons. The van der Waals surface area contributed by atoms with Crippen LogP contribution in [-0.2, 0) is 6.42 Å². The summed E-state index contributed by atoms with van der Waals surface area (Å²) in [6, 6.07) is 3.54. The molecule has 0 saturated heterocycles. The molecule has 0 heterocycles. The maximum absolute atomic E-state index is 9.81. The zero-order valence-electron chi connectivity index (χ0n) is 8.75. The van der Waals surface area contributed by atoms with Crippen LogP contribution in [0.2, 0.25) is 0 Å². The lowest BCUT2D eigenvalue weighted by Crippen LogP contribution is -2.07. The van der Waals surface area contributed by atoms with Gasteiger partial charge in [0.15, 0.2) is 0 Å². The number of hydrogen-bond acceptors (Lipinski definition) is 3. The van der Waals surface area contributed by atoms with Crippen LogP contribution in [0.5, 0.6) is 0 Å². The van der Waals surface area contributed by atoms with Gasteiger partial charge in [-0.2, -0.15) is 0 Å². The van der Waals surface area contributed by atoms with Gasteiger partial charge in [0.1, 0.15) is 0 Å². The van der Waals surface area contributed by atoms with Gasteiger partial charge in [-0.15, -0.1) is 0 Å². The van der Waals surface area contributed by atoms with Gasteiger partial charge in [0.05, 0.1) is 6.10 Å². The van der Waals surface area contributed by atoms with Crippen LogP contribution < -0.4 is 11.5 Å². The second-order valence-electron chi connectivity index (χ2n) is 3.41. The molecule has 0 aliphatic rings. The van der Waals surface area contributed by atoms with Crippen molar-refractivity contribution >= 4 is 11.4 Å². The quantitative estimate of drug-likeness (QED) is 0.643. The molecule has 0 aliphatic carbocycles. The van der Waals surface area contributed by atoms with Crippen molar-refractivity contribution in [2.45, 2.75) is 32.8 Å². The fourth-order valence-electron chi connectivity index (χ4n) is 1.69. The lowest BCUT2D eigenvalue weighted by Gasteiger charge is -2.17. The zero-order valence-corrected chi connectivity index (χ0v) is 8.75. The first-order chi connectivity index (χ1) is 6.61. The number of nitrogens with two attached hydrogens (primary N) is 2. The molecule has 1 aromatic rings. The van der Waals surface area contributed by atoms with E-state index in [9.17, 15) is 5.11 Å². The highest BCUT2D eigenvalue weighted by atomic mass is 16.3. The summed E-state index contributed by atoms with van der Waals surface area (Å²) < 4.78 is 0. The van der Waals surface area contributed by atoms with E-state index in [1.165, 1.54) is 0 Å². The molecule has 0 fully saturated rings. The Morgan fingerprint density at radius 2 is 1.79 bits per heavy atom. The molecule has 1 aromatic carbocycles. The van der Waals surface area contributed by atoms with Crippen molar-refractivity contribution < 1.29 is 5.11 Å². The van der Waals surface area contributed by atoms with Crippen molar-refractivity contribution in [3.8, 4) is 0 Å². The Morgan fingerprint density at radius 1 is 1.21 bits per heavy atom. The van der Waals surface area contributed by atoms with E-state index in [1.54, 1.807) is 12.1 Å². The van der Waals surface area contributed by atoms with E-state index in [2.05, 4.69) is 0 Å². The molecular weight excluding hydrogens is 176 g/mol. The molecule has 3 nitrogen and oxygen atoms in total. The van der Waals surface area contributed by atoms with E-state index < -0.39 is 6.10 Å². The Morgan fingerprint density at radius 3 is 2.29 bits per heavy atom. The van der Waals surface area contributed by atoms with E-state index >= 15 is 0 Å². The average Bonchev–Trinajstić information content (AvgIpc) is 2.19.